The fourth-order valence-corrected chi connectivity index (χ4v) is 4.80. The lowest BCUT2D eigenvalue weighted by Crippen LogP contribution is -2.45. The van der Waals surface area contributed by atoms with Gasteiger partial charge in [0.15, 0.2) is 0 Å². The summed E-state index contributed by atoms with van der Waals surface area (Å²) in [6.45, 7) is 11.8. The molecule has 0 spiro atoms. The molecule has 1 aliphatic heterocycles. The lowest BCUT2D eigenvalue weighted by Gasteiger charge is -2.34. The third-order valence-corrected chi connectivity index (χ3v) is 6.64. The van der Waals surface area contributed by atoms with E-state index in [4.69, 9.17) is 4.98 Å². The van der Waals surface area contributed by atoms with Gasteiger partial charge in [0.05, 0.1) is 22.4 Å². The van der Waals surface area contributed by atoms with Gasteiger partial charge in [-0.25, -0.2) is 14.1 Å². The summed E-state index contributed by atoms with van der Waals surface area (Å²) in [6.07, 6.45) is 2.39. The van der Waals surface area contributed by atoms with Gasteiger partial charge in [-0.15, -0.1) is 0 Å². The van der Waals surface area contributed by atoms with Gasteiger partial charge < -0.3 is 9.47 Å². The molecule has 33 heavy (non-hydrogen) atoms. The van der Waals surface area contributed by atoms with Gasteiger partial charge in [0.2, 0.25) is 0 Å². The molecule has 0 N–H and O–H groups in total. The quantitative estimate of drug-likeness (QED) is 0.429. The standard InChI is InChI=1S/C26H31FN6/c1-3-30-12-14-31(15-13-30)19-20-8-9-25-24(16-20)29-26(32(25)4-2)18-23-10-11-28-33(23)22-7-5-6-21(27)17-22/h5-11,16-17H,3-4,12-15,18-19H2,1-2H3. The minimum atomic E-state index is -0.265. The van der Waals surface area contributed by atoms with Crippen LogP contribution in [0.3, 0.4) is 0 Å². The molecular weight excluding hydrogens is 415 g/mol. The van der Waals surface area contributed by atoms with E-state index < -0.39 is 0 Å². The topological polar surface area (TPSA) is 42.1 Å². The Morgan fingerprint density at radius 3 is 2.48 bits per heavy atom. The average Bonchev–Trinajstić information content (AvgIpc) is 3.43. The molecule has 0 bridgehead atoms. The van der Waals surface area contributed by atoms with E-state index in [0.717, 1.165) is 74.1 Å². The van der Waals surface area contributed by atoms with Crippen molar-refractivity contribution in [2.75, 3.05) is 32.7 Å². The Labute approximate surface area is 194 Å². The lowest BCUT2D eigenvalue weighted by molar-refractivity contribution is 0.132. The van der Waals surface area contributed by atoms with Gasteiger partial charge >= 0.3 is 0 Å². The average molecular weight is 447 g/mol. The number of piperazine rings is 1. The highest BCUT2D eigenvalue weighted by atomic mass is 19.1. The van der Waals surface area contributed by atoms with Crippen molar-refractivity contribution < 1.29 is 4.39 Å². The zero-order valence-corrected chi connectivity index (χ0v) is 19.4. The molecule has 5 rings (SSSR count). The van der Waals surface area contributed by atoms with Crippen LogP contribution in [0.15, 0.2) is 54.7 Å². The number of hydrogen-bond donors (Lipinski definition) is 0. The molecule has 6 nitrogen and oxygen atoms in total. The molecule has 0 saturated carbocycles. The Bertz CT molecular complexity index is 1230. The minimum absolute atomic E-state index is 0.265. The van der Waals surface area contributed by atoms with E-state index in [-0.39, 0.29) is 5.82 Å². The van der Waals surface area contributed by atoms with Gasteiger partial charge in [-0.3, -0.25) is 4.90 Å². The third-order valence-electron chi connectivity index (χ3n) is 6.64. The second kappa shape index (κ2) is 9.45. The first-order chi connectivity index (χ1) is 16.1. The number of benzene rings is 2. The number of aryl methyl sites for hydroxylation is 1. The van der Waals surface area contributed by atoms with Gasteiger partial charge in [0.25, 0.3) is 0 Å². The Hall–Kier alpha value is -3.03. The SMILES string of the molecule is CCN1CCN(Cc2ccc3c(c2)nc(Cc2ccnn2-c2cccc(F)c2)n3CC)CC1. The van der Waals surface area contributed by atoms with Crippen molar-refractivity contribution in [2.45, 2.75) is 33.4 Å². The molecular formula is C26H31FN6. The summed E-state index contributed by atoms with van der Waals surface area (Å²) < 4.78 is 17.8. The summed E-state index contributed by atoms with van der Waals surface area (Å²) in [5.41, 5.74) is 5.21. The van der Waals surface area contributed by atoms with Gasteiger partial charge in [0, 0.05) is 51.9 Å². The Morgan fingerprint density at radius 1 is 0.909 bits per heavy atom. The van der Waals surface area contributed by atoms with Crippen molar-refractivity contribution in [1.29, 1.82) is 0 Å². The molecule has 0 aliphatic carbocycles. The number of aromatic nitrogens is 4. The minimum Gasteiger partial charge on any atom is -0.328 e. The van der Waals surface area contributed by atoms with Crippen LogP contribution < -0.4 is 0 Å². The molecule has 0 radical (unpaired) electrons. The predicted molar refractivity (Wildman–Crippen MR) is 129 cm³/mol. The molecule has 2 aromatic heterocycles. The second-order valence-electron chi connectivity index (χ2n) is 8.70. The number of likely N-dealkylation sites (N-methyl/N-ethyl adjacent to an activating group) is 1. The Kier molecular flexibility index (Phi) is 6.24. The van der Waals surface area contributed by atoms with Gasteiger partial charge in [-0.05, 0) is 55.4 Å². The van der Waals surface area contributed by atoms with E-state index >= 15 is 0 Å². The molecule has 3 heterocycles. The number of imidazole rings is 1. The van der Waals surface area contributed by atoms with Crippen LogP contribution in [0.4, 0.5) is 4.39 Å². The summed E-state index contributed by atoms with van der Waals surface area (Å²) in [7, 11) is 0. The lowest BCUT2D eigenvalue weighted by atomic mass is 10.1. The number of nitrogens with zero attached hydrogens (tertiary/aromatic N) is 6. The summed E-state index contributed by atoms with van der Waals surface area (Å²) in [5.74, 6) is 0.734. The van der Waals surface area contributed by atoms with Crippen molar-refractivity contribution in [1.82, 2.24) is 29.1 Å². The van der Waals surface area contributed by atoms with Crippen LogP contribution in [0.1, 0.15) is 30.9 Å². The van der Waals surface area contributed by atoms with E-state index in [1.165, 1.54) is 17.7 Å². The number of hydrogen-bond acceptors (Lipinski definition) is 4. The third kappa shape index (κ3) is 4.56. The van der Waals surface area contributed by atoms with Crippen LogP contribution in [0.25, 0.3) is 16.7 Å². The first-order valence-electron chi connectivity index (χ1n) is 11.9. The molecule has 1 aliphatic rings. The van der Waals surface area contributed by atoms with E-state index in [0.29, 0.717) is 6.42 Å². The predicted octanol–water partition coefficient (Wildman–Crippen LogP) is 4.11. The van der Waals surface area contributed by atoms with E-state index in [2.05, 4.69) is 51.5 Å². The molecule has 172 valence electrons. The largest absolute Gasteiger partial charge is 0.328 e. The van der Waals surface area contributed by atoms with Crippen LogP contribution in [-0.2, 0) is 19.5 Å². The van der Waals surface area contributed by atoms with Gasteiger partial charge in [-0.2, -0.15) is 5.10 Å². The molecule has 0 atom stereocenters. The maximum atomic E-state index is 13.8. The second-order valence-corrected chi connectivity index (χ2v) is 8.70. The van der Waals surface area contributed by atoms with E-state index in [1.54, 1.807) is 16.9 Å². The normalized spacial score (nSPS) is 15.5. The molecule has 0 unspecified atom stereocenters. The van der Waals surface area contributed by atoms with Gasteiger partial charge in [-0.1, -0.05) is 19.1 Å². The molecule has 7 heteroatoms. The van der Waals surface area contributed by atoms with Crippen LogP contribution >= 0.6 is 0 Å². The summed E-state index contributed by atoms with van der Waals surface area (Å²) >= 11 is 0. The summed E-state index contributed by atoms with van der Waals surface area (Å²) in [6, 6.07) is 15.2. The number of fused-ring (bicyclic) bond motifs is 1. The van der Waals surface area contributed by atoms with Crippen molar-refractivity contribution in [3.8, 4) is 5.69 Å². The molecule has 1 fully saturated rings. The highest BCUT2D eigenvalue weighted by Crippen LogP contribution is 2.22. The molecule has 2 aromatic carbocycles. The van der Waals surface area contributed by atoms with E-state index in [1.807, 2.05) is 12.1 Å². The summed E-state index contributed by atoms with van der Waals surface area (Å²) in [5, 5.41) is 4.43. The molecule has 0 amide bonds. The highest BCUT2D eigenvalue weighted by molar-refractivity contribution is 5.77. The van der Waals surface area contributed by atoms with Crippen molar-refractivity contribution in [2.24, 2.45) is 0 Å². The fourth-order valence-electron chi connectivity index (χ4n) is 4.80. The number of halogens is 1. The van der Waals surface area contributed by atoms with Crippen molar-refractivity contribution in [3.05, 3.63) is 77.6 Å². The zero-order valence-electron chi connectivity index (χ0n) is 19.4. The maximum absolute atomic E-state index is 13.8. The Morgan fingerprint density at radius 2 is 1.73 bits per heavy atom. The van der Waals surface area contributed by atoms with Crippen LogP contribution in [0, 0.1) is 5.82 Å². The van der Waals surface area contributed by atoms with Crippen molar-refractivity contribution in [3.63, 3.8) is 0 Å². The van der Waals surface area contributed by atoms with E-state index in [9.17, 15) is 4.39 Å². The Balaban J connectivity index is 1.39. The first kappa shape index (κ1) is 21.8. The summed E-state index contributed by atoms with van der Waals surface area (Å²) in [4.78, 5) is 10.0. The van der Waals surface area contributed by atoms with Crippen molar-refractivity contribution >= 4 is 11.0 Å². The van der Waals surface area contributed by atoms with Crippen LogP contribution in [-0.4, -0.2) is 61.9 Å². The highest BCUT2D eigenvalue weighted by Gasteiger charge is 2.17. The number of rotatable bonds is 7. The smallest absolute Gasteiger partial charge is 0.125 e. The monoisotopic (exact) mass is 446 g/mol. The molecule has 4 aromatic rings. The first-order valence-corrected chi connectivity index (χ1v) is 11.9. The zero-order chi connectivity index (χ0) is 22.8. The van der Waals surface area contributed by atoms with Crippen LogP contribution in [0.5, 0.6) is 0 Å². The fraction of sp³-hybridized carbons (Fsp3) is 0.385. The molecule has 1 saturated heterocycles. The van der Waals surface area contributed by atoms with Gasteiger partial charge in [0.1, 0.15) is 11.6 Å². The van der Waals surface area contributed by atoms with Crippen LogP contribution in [0.2, 0.25) is 0 Å². The maximum Gasteiger partial charge on any atom is 0.125 e.